The highest BCUT2D eigenvalue weighted by atomic mass is 32.2. The number of hydrogen-bond acceptors (Lipinski definition) is 3. The molecule has 0 aliphatic rings. The van der Waals surface area contributed by atoms with Crippen LogP contribution in [0.1, 0.15) is 6.42 Å². The zero-order valence-electron chi connectivity index (χ0n) is 7.75. The van der Waals surface area contributed by atoms with E-state index in [0.29, 0.717) is 0 Å². The van der Waals surface area contributed by atoms with Crippen LogP contribution in [0.25, 0.3) is 0 Å². The maximum absolute atomic E-state index is 11.6. The Morgan fingerprint density at radius 3 is 2.40 bits per heavy atom. The third kappa shape index (κ3) is 11.3. The monoisotopic (exact) mass is 248 g/mol. The van der Waals surface area contributed by atoms with Gasteiger partial charge in [0.25, 0.3) is 0 Å². The summed E-state index contributed by atoms with van der Waals surface area (Å²) in [4.78, 5) is 10.1. The van der Waals surface area contributed by atoms with Gasteiger partial charge in [0.1, 0.15) is 6.61 Å². The highest BCUT2D eigenvalue weighted by molar-refractivity contribution is 7.85. The summed E-state index contributed by atoms with van der Waals surface area (Å²) in [5.41, 5.74) is 0. The topological polar surface area (TPSA) is 63.6 Å². The third-order valence-corrected chi connectivity index (χ3v) is 2.55. The van der Waals surface area contributed by atoms with Crippen molar-refractivity contribution in [2.45, 2.75) is 12.6 Å². The lowest BCUT2D eigenvalue weighted by Gasteiger charge is -2.06. The summed E-state index contributed by atoms with van der Waals surface area (Å²) in [5, 5.41) is 8.23. The molecule has 0 aromatic carbocycles. The average Bonchev–Trinajstić information content (AvgIpc) is 2.07. The van der Waals surface area contributed by atoms with E-state index in [-0.39, 0.29) is 24.5 Å². The van der Waals surface area contributed by atoms with Gasteiger partial charge >= 0.3 is 12.1 Å². The number of carboxylic acid groups (broad SMARTS) is 1. The minimum Gasteiger partial charge on any atom is -0.481 e. The predicted molar refractivity (Wildman–Crippen MR) is 47.0 cm³/mol. The number of rotatable bonds is 7. The first-order valence-electron chi connectivity index (χ1n) is 4.02. The van der Waals surface area contributed by atoms with Crippen LogP contribution in [0.3, 0.4) is 0 Å². The molecule has 0 bridgehead atoms. The third-order valence-electron chi connectivity index (χ3n) is 1.26. The lowest BCUT2D eigenvalue weighted by atomic mass is 10.5. The van der Waals surface area contributed by atoms with E-state index in [1.54, 1.807) is 0 Å². The number of hydrogen-bond donors (Lipinski definition) is 1. The fourth-order valence-corrected chi connectivity index (χ4v) is 1.55. The zero-order valence-corrected chi connectivity index (χ0v) is 8.57. The second-order valence-electron chi connectivity index (χ2n) is 2.66. The first-order chi connectivity index (χ1) is 6.81. The summed E-state index contributed by atoms with van der Waals surface area (Å²) in [6.07, 6.45) is -4.64. The molecule has 90 valence electrons. The van der Waals surface area contributed by atoms with E-state index < -0.39 is 29.6 Å². The second-order valence-corrected chi connectivity index (χ2v) is 4.36. The summed E-state index contributed by atoms with van der Waals surface area (Å²) in [5.74, 6) is -1.23. The molecule has 1 unspecified atom stereocenters. The van der Waals surface area contributed by atoms with E-state index in [9.17, 15) is 22.2 Å². The van der Waals surface area contributed by atoms with E-state index in [4.69, 9.17) is 5.11 Å². The fraction of sp³-hybridized carbons (Fsp3) is 0.857. The predicted octanol–water partition coefficient (Wildman–Crippen LogP) is 0.789. The minimum atomic E-state index is -4.39. The Kier molecular flexibility index (Phi) is 6.50. The van der Waals surface area contributed by atoms with Crippen molar-refractivity contribution < 1.29 is 32.0 Å². The van der Waals surface area contributed by atoms with Crippen molar-refractivity contribution in [3.63, 3.8) is 0 Å². The molecule has 0 fully saturated rings. The van der Waals surface area contributed by atoms with Crippen LogP contribution in [0.2, 0.25) is 0 Å². The Morgan fingerprint density at radius 1 is 1.33 bits per heavy atom. The van der Waals surface area contributed by atoms with Crippen LogP contribution in [0, 0.1) is 0 Å². The molecule has 0 radical (unpaired) electrons. The van der Waals surface area contributed by atoms with Gasteiger partial charge in [-0.3, -0.25) is 9.00 Å². The number of carboxylic acids is 1. The molecule has 0 saturated heterocycles. The molecule has 0 heterocycles. The van der Waals surface area contributed by atoms with Gasteiger partial charge in [-0.2, -0.15) is 13.2 Å². The second kappa shape index (κ2) is 6.78. The highest BCUT2D eigenvalue weighted by Crippen LogP contribution is 2.14. The number of alkyl halides is 3. The van der Waals surface area contributed by atoms with E-state index in [1.165, 1.54) is 0 Å². The van der Waals surface area contributed by atoms with Crippen LogP contribution in [0.15, 0.2) is 0 Å². The molecule has 0 amide bonds. The largest absolute Gasteiger partial charge is 0.481 e. The molecule has 1 N–H and O–H groups in total. The lowest BCUT2D eigenvalue weighted by Crippen LogP contribution is -2.20. The van der Waals surface area contributed by atoms with Gasteiger partial charge in [-0.05, 0) is 0 Å². The highest BCUT2D eigenvalue weighted by Gasteiger charge is 2.27. The van der Waals surface area contributed by atoms with Crippen LogP contribution in [0.4, 0.5) is 13.2 Å². The van der Waals surface area contributed by atoms with Crippen molar-refractivity contribution in [3.05, 3.63) is 0 Å². The summed E-state index contributed by atoms with van der Waals surface area (Å²) < 4.78 is 49.8. The quantitative estimate of drug-likeness (QED) is 0.676. The van der Waals surface area contributed by atoms with E-state index >= 15 is 0 Å². The normalized spacial score (nSPS) is 13.8. The summed E-state index contributed by atoms with van der Waals surface area (Å²) in [6.45, 7) is -1.66. The Bertz CT molecular complexity index is 229. The molecule has 0 saturated carbocycles. The summed E-state index contributed by atoms with van der Waals surface area (Å²) >= 11 is 0. The van der Waals surface area contributed by atoms with E-state index in [1.807, 2.05) is 0 Å². The van der Waals surface area contributed by atoms with Crippen molar-refractivity contribution in [1.29, 1.82) is 0 Å². The lowest BCUT2D eigenvalue weighted by molar-refractivity contribution is -0.172. The van der Waals surface area contributed by atoms with Crippen LogP contribution in [-0.4, -0.2) is 46.2 Å². The standard InChI is InChI=1S/C7H11F3O4S/c8-7(9,10)5-14-2-4-15(13)3-1-6(11)12/h1-5H2,(H,11,12). The summed E-state index contributed by atoms with van der Waals surface area (Å²) in [6, 6.07) is 0. The molecule has 0 aromatic heterocycles. The molecule has 8 heteroatoms. The molecule has 1 atom stereocenters. The van der Waals surface area contributed by atoms with Gasteiger partial charge < -0.3 is 9.84 Å². The fourth-order valence-electron chi connectivity index (χ4n) is 0.643. The number of halogens is 3. The number of ether oxygens (including phenoxy) is 1. The maximum atomic E-state index is 11.6. The van der Waals surface area contributed by atoms with Crippen LogP contribution in [-0.2, 0) is 20.3 Å². The minimum absolute atomic E-state index is 0.0648. The Labute approximate surface area is 86.9 Å². The number of aliphatic carboxylic acids is 1. The van der Waals surface area contributed by atoms with Crippen molar-refractivity contribution in [2.75, 3.05) is 24.7 Å². The van der Waals surface area contributed by atoms with Crippen LogP contribution < -0.4 is 0 Å². The molecular formula is C7H11F3O4S. The summed E-state index contributed by atoms with van der Waals surface area (Å²) in [7, 11) is -1.44. The molecule has 0 spiro atoms. The Hall–Kier alpha value is -0.630. The van der Waals surface area contributed by atoms with Gasteiger partial charge in [0.2, 0.25) is 0 Å². The van der Waals surface area contributed by atoms with Crippen molar-refractivity contribution in [2.24, 2.45) is 0 Å². The molecule has 15 heavy (non-hydrogen) atoms. The average molecular weight is 248 g/mol. The number of carbonyl (C=O) groups is 1. The van der Waals surface area contributed by atoms with Gasteiger partial charge in [-0.1, -0.05) is 0 Å². The molecule has 4 nitrogen and oxygen atoms in total. The van der Waals surface area contributed by atoms with Crippen LogP contribution >= 0.6 is 0 Å². The first-order valence-corrected chi connectivity index (χ1v) is 5.51. The molecule has 0 rings (SSSR count). The van der Waals surface area contributed by atoms with Crippen molar-refractivity contribution >= 4 is 16.8 Å². The van der Waals surface area contributed by atoms with Gasteiger partial charge in [0.05, 0.1) is 13.0 Å². The molecular weight excluding hydrogens is 237 g/mol. The Balaban J connectivity index is 3.44. The SMILES string of the molecule is O=C(O)CCS(=O)CCOCC(F)(F)F. The Morgan fingerprint density at radius 2 is 1.93 bits per heavy atom. The van der Waals surface area contributed by atoms with Crippen molar-refractivity contribution in [3.8, 4) is 0 Å². The van der Waals surface area contributed by atoms with Gasteiger partial charge in [0.15, 0.2) is 0 Å². The zero-order chi connectivity index (χ0) is 11.9. The molecule has 0 aliphatic heterocycles. The molecule has 0 aliphatic carbocycles. The van der Waals surface area contributed by atoms with Gasteiger partial charge in [-0.15, -0.1) is 0 Å². The van der Waals surface area contributed by atoms with Crippen LogP contribution in [0.5, 0.6) is 0 Å². The maximum Gasteiger partial charge on any atom is 0.411 e. The van der Waals surface area contributed by atoms with Gasteiger partial charge in [0, 0.05) is 22.3 Å². The smallest absolute Gasteiger partial charge is 0.411 e. The van der Waals surface area contributed by atoms with Crippen molar-refractivity contribution in [1.82, 2.24) is 0 Å². The first kappa shape index (κ1) is 14.4. The molecule has 0 aromatic rings. The van der Waals surface area contributed by atoms with E-state index in [0.717, 1.165) is 0 Å². The van der Waals surface area contributed by atoms with Gasteiger partial charge in [-0.25, -0.2) is 0 Å². The van der Waals surface area contributed by atoms with E-state index in [2.05, 4.69) is 4.74 Å².